The van der Waals surface area contributed by atoms with Crippen LogP contribution in [0.5, 0.6) is 0 Å². The highest BCUT2D eigenvalue weighted by Crippen LogP contribution is 2.46. The molecule has 8 heteroatoms. The van der Waals surface area contributed by atoms with Crippen molar-refractivity contribution in [2.45, 2.75) is 17.2 Å². The van der Waals surface area contributed by atoms with Crippen molar-refractivity contribution in [2.24, 2.45) is 13.0 Å². The van der Waals surface area contributed by atoms with Crippen LogP contribution >= 0.6 is 0 Å². The van der Waals surface area contributed by atoms with Crippen LogP contribution < -0.4 is 10.0 Å². The van der Waals surface area contributed by atoms with Crippen LogP contribution in [0.4, 0.5) is 0 Å². The molecule has 24 heavy (non-hydrogen) atoms. The summed E-state index contributed by atoms with van der Waals surface area (Å²) in [7, 11) is -0.482. The Hall–Kier alpha value is -2.19. The smallest absolute Gasteiger partial charge is 0.267 e. The largest absolute Gasteiger partial charge is 0.354 e. The number of nitrogens with zero attached hydrogens (tertiary/aromatic N) is 2. The highest BCUT2D eigenvalue weighted by atomic mass is 32.2. The first-order chi connectivity index (χ1) is 11.4. The molecule has 128 valence electrons. The highest BCUT2D eigenvalue weighted by molar-refractivity contribution is 7.89. The van der Waals surface area contributed by atoms with Crippen LogP contribution in [0.3, 0.4) is 0 Å². The predicted octanol–water partition coefficient (Wildman–Crippen LogP) is 0.862. The van der Waals surface area contributed by atoms with Crippen molar-refractivity contribution in [3.63, 3.8) is 0 Å². The van der Waals surface area contributed by atoms with E-state index in [9.17, 15) is 13.2 Å². The summed E-state index contributed by atoms with van der Waals surface area (Å²) in [6.45, 7) is 0.381. The summed E-state index contributed by atoms with van der Waals surface area (Å²) in [5, 5.41) is 2.49. The molecule has 1 saturated carbocycles. The van der Waals surface area contributed by atoms with Gasteiger partial charge in [-0.05, 0) is 36.0 Å². The second kappa shape index (κ2) is 6.37. The molecule has 0 aliphatic heterocycles. The fourth-order valence-corrected chi connectivity index (χ4v) is 3.98. The monoisotopic (exact) mass is 348 g/mol. The Labute approximate surface area is 141 Å². The van der Waals surface area contributed by atoms with Gasteiger partial charge in [-0.25, -0.2) is 13.1 Å². The highest BCUT2D eigenvalue weighted by Gasteiger charge is 2.39. The number of carbonyl (C=O) groups excluding carboxylic acids is 1. The fourth-order valence-electron chi connectivity index (χ4n) is 2.81. The molecular weight excluding hydrogens is 328 g/mol. The molecule has 2 aromatic heterocycles. The Morgan fingerprint density at radius 2 is 2.25 bits per heavy atom. The molecular formula is C16H20N4O3S. The Morgan fingerprint density at radius 3 is 2.92 bits per heavy atom. The molecule has 2 aromatic rings. The maximum atomic E-state index is 12.4. The number of hydrogen-bond acceptors (Lipinski definition) is 4. The van der Waals surface area contributed by atoms with Gasteiger partial charge in [-0.15, -0.1) is 0 Å². The lowest BCUT2D eigenvalue weighted by Gasteiger charge is -2.04. The number of aryl methyl sites for hydroxylation is 1. The van der Waals surface area contributed by atoms with E-state index < -0.39 is 10.0 Å². The lowest BCUT2D eigenvalue weighted by atomic mass is 10.1. The maximum Gasteiger partial charge on any atom is 0.267 e. The quantitative estimate of drug-likeness (QED) is 0.810. The van der Waals surface area contributed by atoms with Gasteiger partial charge in [0.15, 0.2) is 0 Å². The lowest BCUT2D eigenvalue weighted by molar-refractivity contribution is 0.0955. The fraction of sp³-hybridized carbons (Fsp3) is 0.375. The van der Waals surface area contributed by atoms with Gasteiger partial charge >= 0.3 is 0 Å². The Kier molecular flexibility index (Phi) is 4.42. The van der Waals surface area contributed by atoms with Crippen molar-refractivity contribution in [3.8, 4) is 0 Å². The molecule has 3 rings (SSSR count). The second-order valence-corrected chi connectivity index (χ2v) is 7.76. The van der Waals surface area contributed by atoms with E-state index in [0.717, 1.165) is 12.0 Å². The van der Waals surface area contributed by atoms with Crippen molar-refractivity contribution in [2.75, 3.05) is 13.6 Å². The standard InChI is InChI=1S/C16H20N4O3S/c1-17-16(21)15-7-13(10-20(15)2)24(22,23)19-9-12-6-14(12)11-4-3-5-18-8-11/h3-5,7-8,10,12,14,19H,6,9H2,1-2H3,(H,17,21)/t12-,14-/m0/s1. The third kappa shape index (κ3) is 3.34. The predicted molar refractivity (Wildman–Crippen MR) is 89.1 cm³/mol. The van der Waals surface area contributed by atoms with Crippen LogP contribution in [0.2, 0.25) is 0 Å². The summed E-state index contributed by atoms with van der Waals surface area (Å²) in [6, 6.07) is 5.28. The molecule has 0 saturated heterocycles. The van der Waals surface area contributed by atoms with E-state index in [2.05, 4.69) is 15.0 Å². The van der Waals surface area contributed by atoms with Gasteiger partial charge in [0.25, 0.3) is 5.91 Å². The number of amides is 1. The third-order valence-electron chi connectivity index (χ3n) is 4.32. The van der Waals surface area contributed by atoms with Crippen molar-refractivity contribution in [3.05, 3.63) is 48.0 Å². The minimum Gasteiger partial charge on any atom is -0.354 e. The summed E-state index contributed by atoms with van der Waals surface area (Å²) in [5.74, 6) is 0.322. The van der Waals surface area contributed by atoms with Crippen LogP contribution in [0.25, 0.3) is 0 Å². The molecule has 2 atom stereocenters. The average molecular weight is 348 g/mol. The molecule has 0 radical (unpaired) electrons. The molecule has 2 N–H and O–H groups in total. The number of hydrogen-bond donors (Lipinski definition) is 2. The van der Waals surface area contributed by atoms with E-state index in [1.807, 2.05) is 18.3 Å². The molecule has 0 aromatic carbocycles. The minimum absolute atomic E-state index is 0.0992. The van der Waals surface area contributed by atoms with E-state index in [0.29, 0.717) is 18.2 Å². The molecule has 1 fully saturated rings. The van der Waals surface area contributed by atoms with Crippen LogP contribution in [0.15, 0.2) is 41.7 Å². The van der Waals surface area contributed by atoms with Crippen molar-refractivity contribution >= 4 is 15.9 Å². The van der Waals surface area contributed by atoms with E-state index in [4.69, 9.17) is 0 Å². The van der Waals surface area contributed by atoms with Crippen LogP contribution in [0, 0.1) is 5.92 Å². The molecule has 2 heterocycles. The number of rotatable bonds is 6. The zero-order chi connectivity index (χ0) is 17.3. The number of sulfonamides is 1. The van der Waals surface area contributed by atoms with Gasteiger partial charge in [0.05, 0.1) is 0 Å². The third-order valence-corrected chi connectivity index (χ3v) is 5.71. The molecule has 7 nitrogen and oxygen atoms in total. The summed E-state index contributed by atoms with van der Waals surface area (Å²) < 4.78 is 29.0. The van der Waals surface area contributed by atoms with Gasteiger partial charge in [-0.2, -0.15) is 0 Å². The second-order valence-electron chi connectivity index (χ2n) is 5.99. The zero-order valence-electron chi connectivity index (χ0n) is 13.6. The summed E-state index contributed by atoms with van der Waals surface area (Å²) in [5.41, 5.74) is 1.45. The molecule has 0 bridgehead atoms. The molecule has 1 aliphatic carbocycles. The summed E-state index contributed by atoms with van der Waals surface area (Å²) in [6.07, 6.45) is 5.94. The molecule has 1 aliphatic rings. The first-order valence-corrected chi connectivity index (χ1v) is 9.18. The van der Waals surface area contributed by atoms with Crippen molar-refractivity contribution in [1.29, 1.82) is 0 Å². The van der Waals surface area contributed by atoms with E-state index in [-0.39, 0.29) is 16.7 Å². The first kappa shape index (κ1) is 16.7. The van der Waals surface area contributed by atoms with Crippen LogP contribution in [0.1, 0.15) is 28.4 Å². The van der Waals surface area contributed by atoms with Crippen molar-refractivity contribution in [1.82, 2.24) is 19.6 Å². The van der Waals surface area contributed by atoms with E-state index >= 15 is 0 Å². The average Bonchev–Trinajstić information content (AvgIpc) is 3.26. The van der Waals surface area contributed by atoms with Gasteiger partial charge in [0, 0.05) is 39.2 Å². The van der Waals surface area contributed by atoms with E-state index in [1.54, 1.807) is 13.2 Å². The molecule has 0 unspecified atom stereocenters. The van der Waals surface area contributed by atoms with Gasteiger partial charge in [0.2, 0.25) is 10.0 Å². The lowest BCUT2D eigenvalue weighted by Crippen LogP contribution is -2.26. The first-order valence-electron chi connectivity index (χ1n) is 7.70. The topological polar surface area (TPSA) is 93.1 Å². The van der Waals surface area contributed by atoms with Crippen LogP contribution in [-0.4, -0.2) is 37.5 Å². The Morgan fingerprint density at radius 1 is 1.46 bits per heavy atom. The summed E-state index contributed by atoms with van der Waals surface area (Å²) in [4.78, 5) is 15.9. The van der Waals surface area contributed by atoms with Crippen molar-refractivity contribution < 1.29 is 13.2 Å². The number of pyridine rings is 1. The molecule has 1 amide bonds. The Bertz CT molecular complexity index is 845. The normalized spacial score (nSPS) is 19.9. The number of nitrogens with one attached hydrogen (secondary N) is 2. The van der Waals surface area contributed by atoms with Gasteiger partial charge in [-0.3, -0.25) is 9.78 Å². The Balaban J connectivity index is 1.64. The molecule has 0 spiro atoms. The maximum absolute atomic E-state index is 12.4. The SMILES string of the molecule is CNC(=O)c1cc(S(=O)(=O)NC[C@@H]2C[C@H]2c2cccnc2)cn1C. The van der Waals surface area contributed by atoms with Gasteiger partial charge < -0.3 is 9.88 Å². The van der Waals surface area contributed by atoms with Crippen LogP contribution in [-0.2, 0) is 17.1 Å². The number of carbonyl (C=O) groups is 1. The zero-order valence-corrected chi connectivity index (χ0v) is 14.4. The number of aromatic nitrogens is 2. The minimum atomic E-state index is -3.63. The van der Waals surface area contributed by atoms with Gasteiger partial charge in [-0.1, -0.05) is 6.07 Å². The van der Waals surface area contributed by atoms with E-state index in [1.165, 1.54) is 23.9 Å². The summed E-state index contributed by atoms with van der Waals surface area (Å²) >= 11 is 0. The van der Waals surface area contributed by atoms with Gasteiger partial charge in [0.1, 0.15) is 10.6 Å².